The Morgan fingerprint density at radius 1 is 0.609 bits per heavy atom. The molecule has 2 aliphatic heterocycles. The van der Waals surface area contributed by atoms with Crippen LogP contribution in [0, 0.1) is 35.5 Å². The highest BCUT2D eigenvalue weighted by atomic mass is 31.1. The van der Waals surface area contributed by atoms with E-state index in [1.807, 2.05) is 11.1 Å². The van der Waals surface area contributed by atoms with Gasteiger partial charge in [-0.05, 0) is 185 Å². The Balaban J connectivity index is 1.11. The third kappa shape index (κ3) is 6.01. The number of benzene rings is 1. The number of hydrogen-bond acceptors (Lipinski definition) is 2. The molecule has 8 aliphatic carbocycles. The molecule has 1 aromatic rings. The van der Waals surface area contributed by atoms with E-state index >= 15 is 0 Å². The molecule has 8 bridgehead atoms. The first-order valence-corrected chi connectivity index (χ1v) is 27.1. The fraction of sp³-hybridized carbons (Fsp3) is 0.854. The fourth-order valence-electron chi connectivity index (χ4n) is 14.1. The Hall–Kier alpha value is 0.217. The number of piperidine rings is 2. The zero-order chi connectivity index (χ0) is 31.1. The molecular formula is C41H66N2P2Si. The quantitative estimate of drug-likeness (QED) is 0.201. The minimum atomic E-state index is -1.39. The molecule has 0 radical (unpaired) electrons. The number of hydrogen-bond donors (Lipinski definition) is 2. The summed E-state index contributed by atoms with van der Waals surface area (Å²) in [5.74, 6) is 8.03. The summed E-state index contributed by atoms with van der Waals surface area (Å²) in [5.41, 5.74) is 3.70. The third-order valence-corrected chi connectivity index (χ3v) is 24.6. The molecule has 5 heteroatoms. The molecule has 8 saturated carbocycles. The minimum absolute atomic E-state index is 0.00575. The maximum atomic E-state index is 4.12. The lowest BCUT2D eigenvalue weighted by atomic mass is 9.55. The highest BCUT2D eigenvalue weighted by molar-refractivity contribution is 7.60. The topological polar surface area (TPSA) is 24.1 Å². The van der Waals surface area contributed by atoms with Crippen LogP contribution >= 0.6 is 15.8 Å². The van der Waals surface area contributed by atoms with Crippen molar-refractivity contribution in [2.45, 2.75) is 169 Å². The molecule has 10 aliphatic rings. The van der Waals surface area contributed by atoms with Crippen molar-refractivity contribution in [2.24, 2.45) is 35.5 Å². The van der Waals surface area contributed by atoms with Gasteiger partial charge in [0.1, 0.15) is 0 Å². The maximum Gasteiger partial charge on any atom is 0.0776 e. The van der Waals surface area contributed by atoms with E-state index in [0.29, 0.717) is 0 Å². The van der Waals surface area contributed by atoms with E-state index < -0.39 is 8.07 Å². The summed E-state index contributed by atoms with van der Waals surface area (Å²) >= 11 is 0. The van der Waals surface area contributed by atoms with E-state index in [9.17, 15) is 0 Å². The summed E-state index contributed by atoms with van der Waals surface area (Å²) in [6, 6.07) is 8.28. The van der Waals surface area contributed by atoms with Crippen LogP contribution in [0.4, 0.5) is 0 Å². The molecule has 2 heterocycles. The molecule has 2 N–H and O–H groups in total. The molecule has 0 aromatic heterocycles. The first kappa shape index (κ1) is 32.1. The largest absolute Gasteiger partial charge is 0.310 e. The summed E-state index contributed by atoms with van der Waals surface area (Å²) < 4.78 is 0. The minimum Gasteiger partial charge on any atom is -0.310 e. The average molecular weight is 677 g/mol. The lowest BCUT2D eigenvalue weighted by Crippen LogP contribution is -2.56. The molecule has 1 aromatic carbocycles. The van der Waals surface area contributed by atoms with Gasteiger partial charge in [-0.15, -0.1) is 0 Å². The van der Waals surface area contributed by atoms with E-state index in [-0.39, 0.29) is 15.8 Å². The summed E-state index contributed by atoms with van der Waals surface area (Å²) in [4.78, 5) is 0. The number of nitrogens with one attached hydrogen (secondary N) is 2. The SMILES string of the molecule is C[Si](C)(C)c1ccc(CP(C23CC4CC(CC(C4)C2)C3)C23CC4CC(CC(C4)C2)C3)c(CP(C2CCCCN2)C2CCCCN2)c1. The van der Waals surface area contributed by atoms with Crippen molar-refractivity contribution in [3.8, 4) is 0 Å². The Morgan fingerprint density at radius 3 is 1.46 bits per heavy atom. The predicted octanol–water partition coefficient (Wildman–Crippen LogP) is 10.3. The van der Waals surface area contributed by atoms with Crippen LogP contribution in [0.3, 0.4) is 0 Å². The van der Waals surface area contributed by atoms with Gasteiger partial charge in [-0.3, -0.25) is 0 Å². The van der Waals surface area contributed by atoms with Gasteiger partial charge >= 0.3 is 0 Å². The smallest absolute Gasteiger partial charge is 0.0776 e. The van der Waals surface area contributed by atoms with Crippen molar-refractivity contribution in [3.05, 3.63) is 29.3 Å². The highest BCUT2D eigenvalue weighted by Gasteiger charge is 2.62. The summed E-state index contributed by atoms with van der Waals surface area (Å²) in [6.07, 6.45) is 30.8. The van der Waals surface area contributed by atoms with Gasteiger partial charge in [-0.2, -0.15) is 0 Å². The van der Waals surface area contributed by atoms with Crippen molar-refractivity contribution in [3.63, 3.8) is 0 Å². The fourth-order valence-corrected chi connectivity index (χ4v) is 23.8. The third-order valence-electron chi connectivity index (χ3n) is 15.3. The summed E-state index contributed by atoms with van der Waals surface area (Å²) in [7, 11) is -1.51. The van der Waals surface area contributed by atoms with Crippen LogP contribution in [0.25, 0.3) is 0 Å². The monoisotopic (exact) mass is 676 g/mol. The maximum absolute atomic E-state index is 4.12. The second-order valence-electron chi connectivity index (χ2n) is 19.7. The first-order chi connectivity index (χ1) is 22.2. The van der Waals surface area contributed by atoms with Gasteiger partial charge in [0.15, 0.2) is 0 Å². The second kappa shape index (κ2) is 12.5. The van der Waals surface area contributed by atoms with E-state index in [0.717, 1.165) is 57.4 Å². The van der Waals surface area contributed by atoms with E-state index in [1.165, 1.54) is 63.9 Å². The van der Waals surface area contributed by atoms with Crippen molar-refractivity contribution in [1.82, 2.24) is 10.6 Å². The lowest BCUT2D eigenvalue weighted by Gasteiger charge is -2.67. The summed E-state index contributed by atoms with van der Waals surface area (Å²) in [5, 5.41) is 11.4. The zero-order valence-corrected chi connectivity index (χ0v) is 32.6. The van der Waals surface area contributed by atoms with E-state index in [2.05, 4.69) is 48.5 Å². The van der Waals surface area contributed by atoms with Gasteiger partial charge in [0, 0.05) is 11.6 Å². The molecule has 0 amide bonds. The Labute approximate surface area is 286 Å². The molecule has 2 nitrogen and oxygen atoms in total. The molecule has 2 atom stereocenters. The molecule has 46 heavy (non-hydrogen) atoms. The first-order valence-electron chi connectivity index (χ1n) is 20.4. The zero-order valence-electron chi connectivity index (χ0n) is 29.8. The normalized spacial score (nSPS) is 44.4. The standard InChI is InChI=1S/C41H66N2P2Si/c1-46(2,3)37-11-10-35(36(20-37)27-44(38-8-4-6-12-42-38)39-9-5-7-13-43-39)28-45(40-21-29-14-30(22-40)16-31(15-29)23-40)41-24-32-17-33(25-41)19-34(18-32)26-41/h10-11,20,29-34,38-39,42-43H,4-9,12-19,21-28H2,1-3H3. The van der Waals surface area contributed by atoms with Crippen LogP contribution in [-0.4, -0.2) is 43.0 Å². The van der Waals surface area contributed by atoms with Crippen molar-refractivity contribution < 1.29 is 0 Å². The molecule has 11 rings (SSSR count). The van der Waals surface area contributed by atoms with E-state index in [4.69, 9.17) is 0 Å². The number of rotatable bonds is 9. The molecule has 2 unspecified atom stereocenters. The van der Waals surface area contributed by atoms with Gasteiger partial charge in [-0.25, -0.2) is 0 Å². The molecular weight excluding hydrogens is 610 g/mol. The van der Waals surface area contributed by atoms with Gasteiger partial charge in [-0.1, -0.05) is 71.7 Å². The van der Waals surface area contributed by atoms with Crippen LogP contribution in [-0.2, 0) is 12.3 Å². The van der Waals surface area contributed by atoms with Crippen LogP contribution < -0.4 is 15.8 Å². The highest BCUT2D eigenvalue weighted by Crippen LogP contribution is 2.79. The van der Waals surface area contributed by atoms with Crippen molar-refractivity contribution in [1.29, 1.82) is 0 Å². The Bertz CT molecular complexity index is 1130. The van der Waals surface area contributed by atoms with Crippen LogP contribution in [0.15, 0.2) is 18.2 Å². The Kier molecular flexibility index (Phi) is 8.71. The van der Waals surface area contributed by atoms with Crippen molar-refractivity contribution >= 4 is 29.1 Å². The predicted molar refractivity (Wildman–Crippen MR) is 204 cm³/mol. The van der Waals surface area contributed by atoms with Crippen LogP contribution in [0.2, 0.25) is 19.6 Å². The van der Waals surface area contributed by atoms with Crippen molar-refractivity contribution in [2.75, 3.05) is 13.1 Å². The summed E-state index contributed by atoms with van der Waals surface area (Å²) in [6.45, 7) is 10.3. The second-order valence-corrected chi connectivity index (χ2v) is 30.4. The Morgan fingerprint density at radius 2 is 1.07 bits per heavy atom. The van der Waals surface area contributed by atoms with Gasteiger partial charge in [0.25, 0.3) is 0 Å². The van der Waals surface area contributed by atoms with Gasteiger partial charge < -0.3 is 10.6 Å². The van der Waals surface area contributed by atoms with Crippen LogP contribution in [0.1, 0.15) is 127 Å². The van der Waals surface area contributed by atoms with Crippen LogP contribution in [0.5, 0.6) is 0 Å². The molecule has 0 spiro atoms. The van der Waals surface area contributed by atoms with Gasteiger partial charge in [0.05, 0.1) is 8.07 Å². The molecule has 10 fully saturated rings. The average Bonchev–Trinajstić information content (AvgIpc) is 3.02. The van der Waals surface area contributed by atoms with Gasteiger partial charge in [0.2, 0.25) is 0 Å². The molecule has 2 saturated heterocycles. The van der Waals surface area contributed by atoms with E-state index in [1.54, 1.807) is 82.2 Å². The molecule has 254 valence electrons. The lowest BCUT2D eigenvalue weighted by molar-refractivity contribution is 0.0184.